The third-order valence-electron chi connectivity index (χ3n) is 2.09. The zero-order valence-electron chi connectivity index (χ0n) is 10.2. The van der Waals surface area contributed by atoms with E-state index in [2.05, 4.69) is 51.0 Å². The van der Waals surface area contributed by atoms with Crippen LogP contribution in [0.1, 0.15) is 47.5 Å². The molecule has 0 bridgehead atoms. The number of nitrogens with zero attached hydrogens (tertiary/aromatic N) is 1. The first-order valence-electron chi connectivity index (χ1n) is 5.56. The van der Waals surface area contributed by atoms with Crippen LogP contribution in [0.5, 0.6) is 0 Å². The highest BCUT2D eigenvalue weighted by atomic mass is 14.9. The lowest BCUT2D eigenvalue weighted by Gasteiger charge is -2.06. The molecule has 0 radical (unpaired) electrons. The van der Waals surface area contributed by atoms with Crippen LogP contribution in [0.25, 0.3) is 0 Å². The molecule has 0 heterocycles. The summed E-state index contributed by atoms with van der Waals surface area (Å²) in [4.78, 5) is 4.54. The molecule has 2 nitrogen and oxygen atoms in total. The molecular formula is C12H24N2. The van der Waals surface area contributed by atoms with Crippen molar-refractivity contribution in [1.29, 1.82) is 0 Å². The van der Waals surface area contributed by atoms with Gasteiger partial charge in [-0.2, -0.15) is 0 Å². The number of rotatable bonds is 6. The van der Waals surface area contributed by atoms with Gasteiger partial charge in [0.25, 0.3) is 0 Å². The molecule has 0 aromatic carbocycles. The van der Waals surface area contributed by atoms with Crippen LogP contribution in [0, 0.1) is 0 Å². The van der Waals surface area contributed by atoms with E-state index in [1.165, 1.54) is 5.70 Å². The predicted molar refractivity (Wildman–Crippen MR) is 64.9 cm³/mol. The van der Waals surface area contributed by atoms with E-state index in [1.807, 2.05) is 0 Å². The second kappa shape index (κ2) is 7.60. The summed E-state index contributed by atoms with van der Waals surface area (Å²) in [5.41, 5.74) is 2.32. The maximum Gasteiger partial charge on any atom is 0.0472 e. The van der Waals surface area contributed by atoms with Crippen molar-refractivity contribution in [3.8, 4) is 0 Å². The molecule has 0 spiro atoms. The minimum absolute atomic E-state index is 0.435. The molecule has 0 aliphatic heterocycles. The number of nitrogens with one attached hydrogen (secondary N) is 1. The van der Waals surface area contributed by atoms with Gasteiger partial charge in [-0.25, -0.2) is 0 Å². The Kier molecular flexibility index (Phi) is 7.17. The standard InChI is InChI=1S/C12H24N2/c1-6-8-13-11(4)9-12(5)14-10(3)7-2/h9-10,13H,6-8H2,1-5H3/b11-9-,14-12+. The Labute approximate surface area is 88.5 Å². The molecule has 0 saturated carbocycles. The lowest BCUT2D eigenvalue weighted by Crippen LogP contribution is -2.12. The monoisotopic (exact) mass is 196 g/mol. The summed E-state index contributed by atoms with van der Waals surface area (Å²) in [6.45, 7) is 11.7. The van der Waals surface area contributed by atoms with E-state index >= 15 is 0 Å². The first-order valence-corrected chi connectivity index (χ1v) is 5.56. The lowest BCUT2D eigenvalue weighted by atomic mass is 10.2. The maximum absolute atomic E-state index is 4.54. The number of hydrogen-bond acceptors (Lipinski definition) is 2. The summed E-state index contributed by atoms with van der Waals surface area (Å²) in [5.74, 6) is 0. The van der Waals surface area contributed by atoms with Crippen molar-refractivity contribution < 1.29 is 0 Å². The third kappa shape index (κ3) is 6.70. The Morgan fingerprint density at radius 2 is 2.00 bits per heavy atom. The Morgan fingerprint density at radius 3 is 2.50 bits per heavy atom. The van der Waals surface area contributed by atoms with Crippen LogP contribution < -0.4 is 5.32 Å². The van der Waals surface area contributed by atoms with E-state index in [-0.39, 0.29) is 0 Å². The molecule has 0 rings (SSSR count). The largest absolute Gasteiger partial charge is 0.389 e. The minimum Gasteiger partial charge on any atom is -0.389 e. The van der Waals surface area contributed by atoms with E-state index in [4.69, 9.17) is 0 Å². The van der Waals surface area contributed by atoms with E-state index in [0.717, 1.165) is 25.1 Å². The number of allylic oxidation sites excluding steroid dienone is 2. The van der Waals surface area contributed by atoms with Crippen LogP contribution in [0.2, 0.25) is 0 Å². The topological polar surface area (TPSA) is 24.4 Å². The maximum atomic E-state index is 4.54. The van der Waals surface area contributed by atoms with Crippen molar-refractivity contribution in [1.82, 2.24) is 5.32 Å². The van der Waals surface area contributed by atoms with E-state index < -0.39 is 0 Å². The average Bonchev–Trinajstić information content (AvgIpc) is 2.14. The van der Waals surface area contributed by atoms with E-state index in [0.29, 0.717) is 6.04 Å². The van der Waals surface area contributed by atoms with Crippen molar-refractivity contribution in [2.24, 2.45) is 4.99 Å². The number of aliphatic imine (C=N–C) groups is 1. The van der Waals surface area contributed by atoms with Gasteiger partial charge >= 0.3 is 0 Å². The average molecular weight is 196 g/mol. The number of hydrogen-bond donors (Lipinski definition) is 1. The zero-order valence-corrected chi connectivity index (χ0v) is 10.2. The fourth-order valence-corrected chi connectivity index (χ4v) is 1.16. The van der Waals surface area contributed by atoms with Gasteiger partial charge < -0.3 is 5.32 Å². The summed E-state index contributed by atoms with van der Waals surface area (Å²) in [7, 11) is 0. The summed E-state index contributed by atoms with van der Waals surface area (Å²) < 4.78 is 0. The van der Waals surface area contributed by atoms with Crippen LogP contribution in [0.4, 0.5) is 0 Å². The van der Waals surface area contributed by atoms with Gasteiger partial charge in [-0.3, -0.25) is 4.99 Å². The molecule has 1 atom stereocenters. The molecule has 0 aliphatic carbocycles. The first-order chi connectivity index (χ1) is 6.60. The molecule has 0 amide bonds. The SMILES string of the molecule is CCCN/C(C)=C\C(C)=N\C(C)CC. The van der Waals surface area contributed by atoms with Crippen LogP contribution in [0.3, 0.4) is 0 Å². The predicted octanol–water partition coefficient (Wildman–Crippen LogP) is 3.15. The zero-order chi connectivity index (χ0) is 11.0. The highest BCUT2D eigenvalue weighted by Gasteiger charge is 1.94. The fourth-order valence-electron chi connectivity index (χ4n) is 1.16. The molecule has 0 aromatic rings. The Balaban J connectivity index is 4.12. The summed E-state index contributed by atoms with van der Waals surface area (Å²) in [5, 5.41) is 3.33. The molecule has 0 aromatic heterocycles. The smallest absolute Gasteiger partial charge is 0.0472 e. The quantitative estimate of drug-likeness (QED) is 0.648. The van der Waals surface area contributed by atoms with Crippen molar-refractivity contribution in [3.63, 3.8) is 0 Å². The molecule has 14 heavy (non-hydrogen) atoms. The van der Waals surface area contributed by atoms with Gasteiger partial charge in [0, 0.05) is 24.0 Å². The van der Waals surface area contributed by atoms with Gasteiger partial charge in [0.1, 0.15) is 0 Å². The second-order valence-corrected chi connectivity index (χ2v) is 3.78. The Bertz CT molecular complexity index is 204. The highest BCUT2D eigenvalue weighted by Crippen LogP contribution is 1.98. The molecule has 2 heteroatoms. The van der Waals surface area contributed by atoms with Gasteiger partial charge in [0.05, 0.1) is 0 Å². The molecule has 0 fully saturated rings. The lowest BCUT2D eigenvalue weighted by molar-refractivity contribution is 0.717. The van der Waals surface area contributed by atoms with Crippen molar-refractivity contribution >= 4 is 5.71 Å². The van der Waals surface area contributed by atoms with E-state index in [1.54, 1.807) is 0 Å². The molecular weight excluding hydrogens is 172 g/mol. The molecule has 1 N–H and O–H groups in total. The minimum atomic E-state index is 0.435. The summed E-state index contributed by atoms with van der Waals surface area (Å²) in [6, 6.07) is 0.435. The molecule has 0 aliphatic rings. The van der Waals surface area contributed by atoms with Crippen LogP contribution in [-0.4, -0.2) is 18.3 Å². The second-order valence-electron chi connectivity index (χ2n) is 3.78. The Morgan fingerprint density at radius 1 is 1.36 bits per heavy atom. The Hall–Kier alpha value is -0.790. The van der Waals surface area contributed by atoms with Crippen molar-refractivity contribution in [2.75, 3.05) is 6.54 Å². The normalized spacial score (nSPS) is 15.5. The van der Waals surface area contributed by atoms with Gasteiger partial charge in [0.15, 0.2) is 0 Å². The van der Waals surface area contributed by atoms with E-state index in [9.17, 15) is 0 Å². The highest BCUT2D eigenvalue weighted by molar-refractivity contribution is 5.93. The van der Waals surface area contributed by atoms with Gasteiger partial charge in [-0.05, 0) is 39.7 Å². The fraction of sp³-hybridized carbons (Fsp3) is 0.750. The van der Waals surface area contributed by atoms with Gasteiger partial charge in [0.2, 0.25) is 0 Å². The van der Waals surface area contributed by atoms with Gasteiger partial charge in [-0.15, -0.1) is 0 Å². The summed E-state index contributed by atoms with van der Waals surface area (Å²) in [6.07, 6.45) is 4.38. The van der Waals surface area contributed by atoms with Crippen molar-refractivity contribution in [3.05, 3.63) is 11.8 Å². The third-order valence-corrected chi connectivity index (χ3v) is 2.09. The van der Waals surface area contributed by atoms with Crippen LogP contribution in [-0.2, 0) is 0 Å². The van der Waals surface area contributed by atoms with Crippen LogP contribution in [0.15, 0.2) is 16.8 Å². The van der Waals surface area contributed by atoms with Crippen molar-refractivity contribution in [2.45, 2.75) is 53.5 Å². The first kappa shape index (κ1) is 13.2. The van der Waals surface area contributed by atoms with Crippen LogP contribution >= 0.6 is 0 Å². The van der Waals surface area contributed by atoms with Gasteiger partial charge in [-0.1, -0.05) is 13.8 Å². The summed E-state index contributed by atoms with van der Waals surface area (Å²) >= 11 is 0. The molecule has 82 valence electrons. The molecule has 0 saturated heterocycles. The molecule has 1 unspecified atom stereocenters.